The summed E-state index contributed by atoms with van der Waals surface area (Å²) in [6.45, 7) is 7.36. The number of rotatable bonds is 84. The second-order valence-electron chi connectivity index (χ2n) is 30.5. The molecule has 3 unspecified atom stereocenters. The SMILES string of the molecule is CCCCCCCCCCCCCCCCCCCCCCCCC(=O)O[C@H](COC(=O)CCCCCCCCCCCCCCCCCCC)COP(=O)(O)OC[C@@H](O)COP(=O)(O)OC[C@@H](COC(=O)CCCCCCCCCCCC)OC(=O)CCCCCCCCCCCCC(C)CC. The Morgan fingerprint density at radius 3 is 0.689 bits per heavy atom. The number of phosphoric ester groups is 2. The molecule has 6 atom stereocenters. The van der Waals surface area contributed by atoms with Crippen molar-refractivity contribution in [2.24, 2.45) is 5.92 Å². The van der Waals surface area contributed by atoms with Crippen LogP contribution in [-0.2, 0) is 65.4 Å². The van der Waals surface area contributed by atoms with Gasteiger partial charge in [-0.05, 0) is 31.6 Å². The number of carbonyl (C=O) groups excluding carboxylic acids is 4. The molecule has 0 heterocycles. The second-order valence-corrected chi connectivity index (χ2v) is 33.4. The molecule has 0 bridgehead atoms. The highest BCUT2D eigenvalue weighted by molar-refractivity contribution is 7.47. The van der Waals surface area contributed by atoms with E-state index in [0.29, 0.717) is 25.7 Å². The molecule has 0 aromatic heterocycles. The Kier molecular flexibility index (Phi) is 75.4. The Balaban J connectivity index is 5.21. The zero-order valence-electron chi connectivity index (χ0n) is 67.5. The Morgan fingerprint density at radius 2 is 0.466 bits per heavy atom. The standard InChI is InChI=1S/C84H164O17P2/c1-6-10-13-16-19-22-25-27-29-31-32-33-34-35-37-39-41-43-49-54-59-64-69-83(88)100-80(74-95-82(87)68-63-58-53-48-42-40-38-36-30-28-26-23-20-17-14-11-7-2)76-99-103(92,93)97-72-78(85)71-96-102(90,91)98-75-79(73-94-81(86)67-62-57-52-47-24-21-18-15-12-8-3)101-84(89)70-65-60-55-50-45-44-46-51-56-61-66-77(5)9-4/h77-80,85H,6-76H2,1-5H3,(H,90,91)(H,92,93)/t77?,78-,79+,80+/m0/s1. The average molecular weight is 1510 g/mol. The average Bonchev–Trinajstić information content (AvgIpc) is 0.912. The fourth-order valence-corrected chi connectivity index (χ4v) is 14.7. The molecule has 0 saturated heterocycles. The predicted octanol–water partition coefficient (Wildman–Crippen LogP) is 25.6. The lowest BCUT2D eigenvalue weighted by Crippen LogP contribution is -2.30. The van der Waals surface area contributed by atoms with Gasteiger partial charge in [0.2, 0.25) is 0 Å². The summed E-state index contributed by atoms with van der Waals surface area (Å²) in [6, 6.07) is 0. The number of ether oxygens (including phenoxy) is 4. The van der Waals surface area contributed by atoms with Crippen molar-refractivity contribution in [3.8, 4) is 0 Å². The number of unbranched alkanes of at least 4 members (excludes halogenated alkanes) is 55. The Labute approximate surface area is 632 Å². The smallest absolute Gasteiger partial charge is 0.462 e. The summed E-state index contributed by atoms with van der Waals surface area (Å²) in [5.74, 6) is -1.30. The molecule has 612 valence electrons. The van der Waals surface area contributed by atoms with Crippen molar-refractivity contribution in [3.63, 3.8) is 0 Å². The quantitative estimate of drug-likeness (QED) is 0.0222. The highest BCUT2D eigenvalue weighted by atomic mass is 31.2. The predicted molar refractivity (Wildman–Crippen MR) is 423 cm³/mol. The first-order valence-electron chi connectivity index (χ1n) is 43.7. The van der Waals surface area contributed by atoms with Crippen LogP contribution in [0.2, 0.25) is 0 Å². The molecule has 0 aromatic rings. The molecule has 0 rings (SSSR count). The van der Waals surface area contributed by atoms with Gasteiger partial charge in [0.15, 0.2) is 12.2 Å². The maximum absolute atomic E-state index is 13.1. The van der Waals surface area contributed by atoms with Crippen LogP contribution in [0.4, 0.5) is 0 Å². The number of hydrogen-bond acceptors (Lipinski definition) is 15. The van der Waals surface area contributed by atoms with Crippen LogP contribution in [0.3, 0.4) is 0 Å². The number of aliphatic hydroxyl groups is 1. The van der Waals surface area contributed by atoms with Crippen LogP contribution < -0.4 is 0 Å². The van der Waals surface area contributed by atoms with Crippen molar-refractivity contribution in [3.05, 3.63) is 0 Å². The largest absolute Gasteiger partial charge is 0.472 e. The van der Waals surface area contributed by atoms with E-state index in [2.05, 4.69) is 34.6 Å². The first-order chi connectivity index (χ1) is 50.1. The summed E-state index contributed by atoms with van der Waals surface area (Å²) in [5.41, 5.74) is 0. The molecule has 0 aliphatic heterocycles. The lowest BCUT2D eigenvalue weighted by molar-refractivity contribution is -0.161. The van der Waals surface area contributed by atoms with Gasteiger partial charge in [-0.25, -0.2) is 9.13 Å². The Morgan fingerprint density at radius 1 is 0.272 bits per heavy atom. The third kappa shape index (κ3) is 76.6. The first-order valence-corrected chi connectivity index (χ1v) is 46.7. The molecule has 0 spiro atoms. The fourth-order valence-electron chi connectivity index (χ4n) is 13.1. The van der Waals surface area contributed by atoms with Gasteiger partial charge in [0, 0.05) is 25.7 Å². The van der Waals surface area contributed by atoms with Crippen molar-refractivity contribution >= 4 is 39.5 Å². The van der Waals surface area contributed by atoms with Crippen molar-refractivity contribution in [2.45, 2.75) is 470 Å². The van der Waals surface area contributed by atoms with Crippen LogP contribution >= 0.6 is 15.6 Å². The number of hydrogen-bond donors (Lipinski definition) is 3. The Hall–Kier alpha value is -1.94. The molecular weight excluding hydrogens is 1340 g/mol. The number of esters is 4. The molecule has 0 radical (unpaired) electrons. The van der Waals surface area contributed by atoms with E-state index < -0.39 is 97.5 Å². The minimum Gasteiger partial charge on any atom is -0.462 e. The molecule has 103 heavy (non-hydrogen) atoms. The zero-order valence-corrected chi connectivity index (χ0v) is 69.3. The van der Waals surface area contributed by atoms with E-state index >= 15 is 0 Å². The zero-order chi connectivity index (χ0) is 75.5. The minimum absolute atomic E-state index is 0.107. The number of phosphoric acid groups is 2. The van der Waals surface area contributed by atoms with Gasteiger partial charge in [-0.1, -0.05) is 401 Å². The van der Waals surface area contributed by atoms with E-state index in [1.165, 1.54) is 276 Å². The maximum Gasteiger partial charge on any atom is 0.472 e. The van der Waals surface area contributed by atoms with Gasteiger partial charge in [-0.2, -0.15) is 0 Å². The van der Waals surface area contributed by atoms with Crippen LogP contribution in [0.25, 0.3) is 0 Å². The molecule has 0 saturated carbocycles. The van der Waals surface area contributed by atoms with E-state index in [1.54, 1.807) is 0 Å². The number of aliphatic hydroxyl groups excluding tert-OH is 1. The third-order valence-electron chi connectivity index (χ3n) is 20.1. The summed E-state index contributed by atoms with van der Waals surface area (Å²) in [7, 11) is -9.92. The Bertz CT molecular complexity index is 1960. The van der Waals surface area contributed by atoms with E-state index in [0.717, 1.165) is 95.8 Å². The molecule has 3 N–H and O–H groups in total. The molecule has 0 fully saturated rings. The van der Waals surface area contributed by atoms with E-state index in [9.17, 15) is 43.2 Å². The van der Waals surface area contributed by atoms with Gasteiger partial charge < -0.3 is 33.8 Å². The van der Waals surface area contributed by atoms with E-state index in [1.807, 2.05) is 0 Å². The van der Waals surface area contributed by atoms with Gasteiger partial charge >= 0.3 is 39.5 Å². The lowest BCUT2D eigenvalue weighted by atomic mass is 9.99. The molecule has 17 nitrogen and oxygen atoms in total. The molecule has 19 heteroatoms. The monoisotopic (exact) mass is 1510 g/mol. The minimum atomic E-state index is -4.96. The second kappa shape index (κ2) is 76.8. The van der Waals surface area contributed by atoms with Gasteiger partial charge in [0.05, 0.1) is 26.4 Å². The van der Waals surface area contributed by atoms with Gasteiger partial charge in [-0.15, -0.1) is 0 Å². The molecular formula is C84H164O17P2. The summed E-state index contributed by atoms with van der Waals surface area (Å²) >= 11 is 0. The van der Waals surface area contributed by atoms with Gasteiger partial charge in [0.25, 0.3) is 0 Å². The normalized spacial score (nSPS) is 14.1. The fraction of sp³-hybridized carbons (Fsp3) is 0.952. The van der Waals surface area contributed by atoms with E-state index in [-0.39, 0.29) is 25.7 Å². The van der Waals surface area contributed by atoms with Crippen LogP contribution in [0.5, 0.6) is 0 Å². The highest BCUT2D eigenvalue weighted by Gasteiger charge is 2.30. The van der Waals surface area contributed by atoms with Crippen LogP contribution in [-0.4, -0.2) is 96.7 Å². The van der Waals surface area contributed by atoms with E-state index in [4.69, 9.17) is 37.0 Å². The van der Waals surface area contributed by atoms with Crippen molar-refractivity contribution in [2.75, 3.05) is 39.6 Å². The molecule has 0 amide bonds. The van der Waals surface area contributed by atoms with Crippen LogP contribution in [0.1, 0.15) is 452 Å². The number of carbonyl (C=O) groups is 4. The maximum atomic E-state index is 13.1. The highest BCUT2D eigenvalue weighted by Crippen LogP contribution is 2.45. The van der Waals surface area contributed by atoms with Crippen LogP contribution in [0.15, 0.2) is 0 Å². The lowest BCUT2D eigenvalue weighted by Gasteiger charge is -2.21. The van der Waals surface area contributed by atoms with Crippen molar-refractivity contribution in [1.82, 2.24) is 0 Å². The third-order valence-corrected chi connectivity index (χ3v) is 22.0. The molecule has 0 aromatic carbocycles. The van der Waals surface area contributed by atoms with Crippen molar-refractivity contribution < 1.29 is 80.2 Å². The summed E-state index contributed by atoms with van der Waals surface area (Å²) in [5, 5.41) is 10.7. The summed E-state index contributed by atoms with van der Waals surface area (Å²) in [4.78, 5) is 73.1. The van der Waals surface area contributed by atoms with Gasteiger partial charge in [-0.3, -0.25) is 37.3 Å². The topological polar surface area (TPSA) is 237 Å². The summed E-state index contributed by atoms with van der Waals surface area (Å²) < 4.78 is 68.8. The molecule has 0 aliphatic carbocycles. The molecule has 0 aliphatic rings. The first kappa shape index (κ1) is 101. The van der Waals surface area contributed by atoms with Crippen molar-refractivity contribution in [1.29, 1.82) is 0 Å². The summed E-state index contributed by atoms with van der Waals surface area (Å²) in [6.07, 6.45) is 69.4. The van der Waals surface area contributed by atoms with Gasteiger partial charge in [0.1, 0.15) is 19.3 Å². The van der Waals surface area contributed by atoms with Crippen LogP contribution in [0, 0.1) is 5.92 Å².